The molecule has 0 fully saturated rings. The smallest absolute Gasteiger partial charge is 0.123 e. The van der Waals surface area contributed by atoms with Crippen LogP contribution >= 0.6 is 22.6 Å². The maximum Gasteiger partial charge on any atom is 0.123 e. The van der Waals surface area contributed by atoms with E-state index in [0.29, 0.717) is 0 Å². The molecule has 1 nitrogen and oxygen atoms in total. The molecule has 0 atom stereocenters. The molecular weight excluding hydrogens is 292 g/mol. The lowest BCUT2D eigenvalue weighted by molar-refractivity contribution is 0.628. The van der Waals surface area contributed by atoms with Crippen molar-refractivity contribution in [2.24, 2.45) is 0 Å². The molecule has 70 valence electrons. The van der Waals surface area contributed by atoms with Crippen molar-refractivity contribution in [3.63, 3.8) is 0 Å². The summed E-state index contributed by atoms with van der Waals surface area (Å²) >= 11 is 2.20. The van der Waals surface area contributed by atoms with Crippen LogP contribution in [0.3, 0.4) is 0 Å². The van der Waals surface area contributed by atoms with Gasteiger partial charge in [-0.2, -0.15) is 0 Å². The summed E-state index contributed by atoms with van der Waals surface area (Å²) in [5, 5.41) is 0. The van der Waals surface area contributed by atoms with Gasteiger partial charge < -0.3 is 0 Å². The Labute approximate surface area is 95.1 Å². The fourth-order valence-electron chi connectivity index (χ4n) is 1.17. The Kier molecular flexibility index (Phi) is 2.77. The standard InChI is InChI=1S/C11H7FIN/c12-9-3-1-8(2-4-9)11-6-5-10(13)7-14-11/h1-7H. The van der Waals surface area contributed by atoms with Crippen molar-refractivity contribution >= 4 is 22.6 Å². The van der Waals surface area contributed by atoms with Crippen molar-refractivity contribution < 1.29 is 4.39 Å². The minimum atomic E-state index is -0.223. The lowest BCUT2D eigenvalue weighted by Crippen LogP contribution is -1.83. The summed E-state index contributed by atoms with van der Waals surface area (Å²) in [6.07, 6.45) is 1.79. The SMILES string of the molecule is Fc1ccc(-c2ccc(I)cn2)cc1. The second kappa shape index (κ2) is 4.04. The van der Waals surface area contributed by atoms with Gasteiger partial charge in [-0.3, -0.25) is 4.98 Å². The third kappa shape index (κ3) is 2.09. The van der Waals surface area contributed by atoms with Crippen LogP contribution in [0.25, 0.3) is 11.3 Å². The first-order valence-electron chi connectivity index (χ1n) is 4.13. The average Bonchev–Trinajstić information content (AvgIpc) is 2.21. The Morgan fingerprint density at radius 2 is 1.71 bits per heavy atom. The van der Waals surface area contributed by atoms with Crippen molar-refractivity contribution in [3.05, 3.63) is 52.0 Å². The topological polar surface area (TPSA) is 12.9 Å². The van der Waals surface area contributed by atoms with Gasteiger partial charge in [-0.25, -0.2) is 4.39 Å². The summed E-state index contributed by atoms with van der Waals surface area (Å²) < 4.78 is 13.7. The highest BCUT2D eigenvalue weighted by atomic mass is 127. The molecule has 0 saturated heterocycles. The van der Waals surface area contributed by atoms with Crippen LogP contribution in [-0.4, -0.2) is 4.98 Å². The molecule has 1 aromatic carbocycles. The van der Waals surface area contributed by atoms with Gasteiger partial charge in [0.1, 0.15) is 5.82 Å². The van der Waals surface area contributed by atoms with Crippen molar-refractivity contribution in [2.75, 3.05) is 0 Å². The summed E-state index contributed by atoms with van der Waals surface area (Å²) in [4.78, 5) is 4.25. The monoisotopic (exact) mass is 299 g/mol. The van der Waals surface area contributed by atoms with Gasteiger partial charge in [0.25, 0.3) is 0 Å². The molecule has 2 aromatic rings. The molecule has 14 heavy (non-hydrogen) atoms. The lowest BCUT2D eigenvalue weighted by Gasteiger charge is -1.99. The second-order valence-corrected chi connectivity index (χ2v) is 4.11. The number of pyridine rings is 1. The van der Waals surface area contributed by atoms with Crippen molar-refractivity contribution in [1.82, 2.24) is 4.98 Å². The second-order valence-electron chi connectivity index (χ2n) is 2.87. The average molecular weight is 299 g/mol. The zero-order chi connectivity index (χ0) is 9.97. The Balaban J connectivity index is 2.40. The number of rotatable bonds is 1. The van der Waals surface area contributed by atoms with Crippen molar-refractivity contribution in [3.8, 4) is 11.3 Å². The largest absolute Gasteiger partial charge is 0.255 e. The highest BCUT2D eigenvalue weighted by Gasteiger charge is 1.98. The molecule has 1 heterocycles. The number of nitrogens with zero attached hydrogens (tertiary/aromatic N) is 1. The van der Waals surface area contributed by atoms with Crippen LogP contribution in [0, 0.1) is 9.39 Å². The summed E-state index contributed by atoms with van der Waals surface area (Å²) in [5.41, 5.74) is 1.80. The van der Waals surface area contributed by atoms with E-state index in [-0.39, 0.29) is 5.82 Å². The number of halogens is 2. The first-order chi connectivity index (χ1) is 6.75. The van der Waals surface area contributed by atoms with Crippen LogP contribution < -0.4 is 0 Å². The van der Waals surface area contributed by atoms with E-state index in [1.54, 1.807) is 18.3 Å². The van der Waals surface area contributed by atoms with Crippen LogP contribution in [-0.2, 0) is 0 Å². The maximum absolute atomic E-state index is 12.6. The van der Waals surface area contributed by atoms with E-state index < -0.39 is 0 Å². The van der Waals surface area contributed by atoms with E-state index in [0.717, 1.165) is 14.8 Å². The number of hydrogen-bond acceptors (Lipinski definition) is 1. The molecule has 0 amide bonds. The van der Waals surface area contributed by atoms with Gasteiger partial charge in [-0.15, -0.1) is 0 Å². The Bertz CT molecular complexity index is 379. The van der Waals surface area contributed by atoms with Gasteiger partial charge in [-0.05, 0) is 59.0 Å². The normalized spacial score (nSPS) is 10.1. The van der Waals surface area contributed by atoms with Gasteiger partial charge in [0.15, 0.2) is 0 Å². The molecule has 0 aliphatic heterocycles. The van der Waals surface area contributed by atoms with E-state index in [4.69, 9.17) is 0 Å². The lowest BCUT2D eigenvalue weighted by atomic mass is 10.1. The predicted octanol–water partition coefficient (Wildman–Crippen LogP) is 3.49. The van der Waals surface area contributed by atoms with Gasteiger partial charge in [0.05, 0.1) is 5.69 Å². The van der Waals surface area contributed by atoms with Crippen LogP contribution in [0.2, 0.25) is 0 Å². The Morgan fingerprint density at radius 3 is 2.29 bits per heavy atom. The fraction of sp³-hybridized carbons (Fsp3) is 0. The maximum atomic E-state index is 12.6. The number of benzene rings is 1. The summed E-state index contributed by atoms with van der Waals surface area (Å²) in [6, 6.07) is 10.2. The first-order valence-corrected chi connectivity index (χ1v) is 5.21. The number of aromatic nitrogens is 1. The third-order valence-electron chi connectivity index (χ3n) is 1.87. The Morgan fingerprint density at radius 1 is 1.00 bits per heavy atom. The molecule has 1 aromatic heterocycles. The van der Waals surface area contributed by atoms with Gasteiger partial charge in [0.2, 0.25) is 0 Å². The van der Waals surface area contributed by atoms with Gasteiger partial charge in [-0.1, -0.05) is 0 Å². The molecule has 3 heteroatoms. The zero-order valence-electron chi connectivity index (χ0n) is 7.24. The molecule has 0 saturated carbocycles. The fourth-order valence-corrected chi connectivity index (χ4v) is 1.49. The molecule has 0 N–H and O–H groups in total. The van der Waals surface area contributed by atoms with Gasteiger partial charge >= 0.3 is 0 Å². The highest BCUT2D eigenvalue weighted by molar-refractivity contribution is 14.1. The molecule has 0 aliphatic carbocycles. The molecule has 0 radical (unpaired) electrons. The van der Waals surface area contributed by atoms with E-state index in [9.17, 15) is 4.39 Å². The first kappa shape index (κ1) is 9.58. The van der Waals surface area contributed by atoms with Crippen molar-refractivity contribution in [1.29, 1.82) is 0 Å². The van der Waals surface area contributed by atoms with Crippen LogP contribution in [0.4, 0.5) is 4.39 Å². The van der Waals surface area contributed by atoms with Crippen LogP contribution in [0.5, 0.6) is 0 Å². The minimum absolute atomic E-state index is 0.223. The molecule has 2 rings (SSSR count). The van der Waals surface area contributed by atoms with Crippen LogP contribution in [0.1, 0.15) is 0 Å². The molecule has 0 aliphatic rings. The van der Waals surface area contributed by atoms with Crippen molar-refractivity contribution in [2.45, 2.75) is 0 Å². The zero-order valence-corrected chi connectivity index (χ0v) is 9.40. The van der Waals surface area contributed by atoms with E-state index in [2.05, 4.69) is 27.6 Å². The minimum Gasteiger partial charge on any atom is -0.255 e. The molecule has 0 spiro atoms. The van der Waals surface area contributed by atoms with E-state index in [1.165, 1.54) is 12.1 Å². The van der Waals surface area contributed by atoms with E-state index >= 15 is 0 Å². The third-order valence-corrected chi connectivity index (χ3v) is 2.51. The van der Waals surface area contributed by atoms with E-state index in [1.807, 2.05) is 12.1 Å². The molecular formula is C11H7FIN. The predicted molar refractivity (Wildman–Crippen MR) is 62.3 cm³/mol. The molecule has 0 unspecified atom stereocenters. The summed E-state index contributed by atoms with van der Waals surface area (Å²) in [5.74, 6) is -0.223. The van der Waals surface area contributed by atoms with Gasteiger partial charge in [0, 0.05) is 15.3 Å². The Hall–Kier alpha value is -0.970. The summed E-state index contributed by atoms with van der Waals surface area (Å²) in [6.45, 7) is 0. The molecule has 0 bridgehead atoms. The quantitative estimate of drug-likeness (QED) is 0.735. The summed E-state index contributed by atoms with van der Waals surface area (Å²) in [7, 11) is 0. The number of hydrogen-bond donors (Lipinski definition) is 0. The highest BCUT2D eigenvalue weighted by Crippen LogP contribution is 2.17. The van der Waals surface area contributed by atoms with Crippen LogP contribution in [0.15, 0.2) is 42.6 Å².